The van der Waals surface area contributed by atoms with Crippen LogP contribution in [-0.2, 0) is 0 Å². The van der Waals surface area contributed by atoms with E-state index in [2.05, 4.69) is 58.5 Å². The SMILES string of the molecule is CCN1CCN2c3ccccc3C(c3cccs3)=NCC2C1.Cl.Cl. The highest BCUT2D eigenvalue weighted by molar-refractivity contribution is 7.12. The molecule has 24 heavy (non-hydrogen) atoms. The molecule has 1 aromatic carbocycles. The van der Waals surface area contributed by atoms with Crippen molar-refractivity contribution in [2.24, 2.45) is 4.99 Å². The molecule has 3 heterocycles. The van der Waals surface area contributed by atoms with Crippen LogP contribution in [0.25, 0.3) is 0 Å². The first-order chi connectivity index (χ1) is 10.9. The Morgan fingerprint density at radius 2 is 1.96 bits per heavy atom. The predicted molar refractivity (Wildman–Crippen MR) is 109 cm³/mol. The number of para-hydroxylation sites is 1. The maximum Gasteiger partial charge on any atom is 0.0840 e. The van der Waals surface area contributed by atoms with Crippen molar-refractivity contribution in [2.75, 3.05) is 37.6 Å². The van der Waals surface area contributed by atoms with E-state index in [-0.39, 0.29) is 24.8 Å². The molecule has 1 fully saturated rings. The van der Waals surface area contributed by atoms with Gasteiger partial charge in [0.1, 0.15) is 0 Å². The highest BCUT2D eigenvalue weighted by Crippen LogP contribution is 2.31. The first kappa shape index (κ1) is 19.3. The second-order valence-corrected chi connectivity index (χ2v) is 6.87. The first-order valence-corrected chi connectivity index (χ1v) is 8.91. The lowest BCUT2D eigenvalue weighted by Gasteiger charge is -2.41. The molecule has 2 aliphatic heterocycles. The minimum absolute atomic E-state index is 0. The summed E-state index contributed by atoms with van der Waals surface area (Å²) in [4.78, 5) is 11.4. The van der Waals surface area contributed by atoms with E-state index in [4.69, 9.17) is 4.99 Å². The molecule has 0 aliphatic carbocycles. The van der Waals surface area contributed by atoms with Crippen LogP contribution < -0.4 is 4.90 Å². The highest BCUT2D eigenvalue weighted by Gasteiger charge is 2.30. The first-order valence-electron chi connectivity index (χ1n) is 8.03. The van der Waals surface area contributed by atoms with Gasteiger partial charge < -0.3 is 4.90 Å². The van der Waals surface area contributed by atoms with E-state index in [0.717, 1.165) is 32.7 Å². The van der Waals surface area contributed by atoms with Gasteiger partial charge in [0.25, 0.3) is 0 Å². The summed E-state index contributed by atoms with van der Waals surface area (Å²) >= 11 is 1.78. The Kier molecular flexibility index (Phi) is 6.70. The fourth-order valence-corrected chi connectivity index (χ4v) is 4.26. The Balaban J connectivity index is 0.00000104. The van der Waals surface area contributed by atoms with E-state index >= 15 is 0 Å². The summed E-state index contributed by atoms with van der Waals surface area (Å²) in [5, 5.41) is 2.14. The van der Waals surface area contributed by atoms with Crippen LogP contribution in [0.2, 0.25) is 0 Å². The number of thiophene rings is 1. The minimum Gasteiger partial charge on any atom is -0.364 e. The Morgan fingerprint density at radius 3 is 2.71 bits per heavy atom. The number of halogens is 2. The van der Waals surface area contributed by atoms with Gasteiger partial charge in [-0.1, -0.05) is 31.2 Å². The maximum absolute atomic E-state index is 5.02. The third-order valence-electron chi connectivity index (χ3n) is 4.70. The number of hydrogen-bond acceptors (Lipinski definition) is 4. The van der Waals surface area contributed by atoms with Crippen LogP contribution >= 0.6 is 36.2 Å². The quantitative estimate of drug-likeness (QED) is 0.781. The third kappa shape index (κ3) is 3.47. The van der Waals surface area contributed by atoms with Crippen LogP contribution in [-0.4, -0.2) is 49.4 Å². The van der Waals surface area contributed by atoms with Gasteiger partial charge in [0.15, 0.2) is 0 Å². The number of anilines is 1. The molecule has 0 amide bonds. The van der Waals surface area contributed by atoms with Gasteiger partial charge in [-0.05, 0) is 24.1 Å². The van der Waals surface area contributed by atoms with Crippen molar-refractivity contribution in [1.29, 1.82) is 0 Å². The predicted octanol–water partition coefficient (Wildman–Crippen LogP) is 3.95. The lowest BCUT2D eigenvalue weighted by atomic mass is 10.0. The zero-order chi connectivity index (χ0) is 14.9. The van der Waals surface area contributed by atoms with E-state index in [1.165, 1.54) is 21.8 Å². The molecule has 130 valence electrons. The largest absolute Gasteiger partial charge is 0.364 e. The van der Waals surface area contributed by atoms with Crippen molar-refractivity contribution in [3.8, 4) is 0 Å². The molecule has 2 aliphatic rings. The molecule has 3 nitrogen and oxygen atoms in total. The van der Waals surface area contributed by atoms with Gasteiger partial charge in [0.2, 0.25) is 0 Å². The van der Waals surface area contributed by atoms with Crippen molar-refractivity contribution in [3.05, 3.63) is 52.2 Å². The lowest BCUT2D eigenvalue weighted by molar-refractivity contribution is 0.236. The van der Waals surface area contributed by atoms with Gasteiger partial charge in [-0.3, -0.25) is 9.89 Å². The fraction of sp³-hybridized carbons (Fsp3) is 0.389. The lowest BCUT2D eigenvalue weighted by Crippen LogP contribution is -2.54. The van der Waals surface area contributed by atoms with Gasteiger partial charge in [0.05, 0.1) is 23.2 Å². The van der Waals surface area contributed by atoms with Crippen LogP contribution in [0.5, 0.6) is 0 Å². The van der Waals surface area contributed by atoms with Gasteiger partial charge in [0, 0.05) is 30.9 Å². The van der Waals surface area contributed by atoms with Crippen molar-refractivity contribution >= 4 is 47.5 Å². The molecular weight excluding hydrogens is 361 g/mol. The van der Waals surface area contributed by atoms with Crippen molar-refractivity contribution < 1.29 is 0 Å². The number of aliphatic imine (C=N–C) groups is 1. The summed E-state index contributed by atoms with van der Waals surface area (Å²) in [6.45, 7) is 7.64. The molecule has 0 spiro atoms. The second-order valence-electron chi connectivity index (χ2n) is 5.92. The fourth-order valence-electron chi connectivity index (χ4n) is 3.51. The van der Waals surface area contributed by atoms with Crippen LogP contribution in [0.1, 0.15) is 17.4 Å². The molecule has 4 rings (SSSR count). The molecular formula is C18H23Cl2N3S. The summed E-state index contributed by atoms with van der Waals surface area (Å²) in [6.07, 6.45) is 0. The molecule has 1 saturated heterocycles. The van der Waals surface area contributed by atoms with Crippen LogP contribution in [0.3, 0.4) is 0 Å². The van der Waals surface area contributed by atoms with Crippen molar-refractivity contribution in [2.45, 2.75) is 13.0 Å². The van der Waals surface area contributed by atoms with Crippen LogP contribution in [0.4, 0.5) is 5.69 Å². The maximum atomic E-state index is 5.02. The number of hydrogen-bond donors (Lipinski definition) is 0. The molecule has 6 heteroatoms. The van der Waals surface area contributed by atoms with Gasteiger partial charge in [-0.2, -0.15) is 0 Å². The number of rotatable bonds is 2. The molecule has 0 saturated carbocycles. The second kappa shape index (κ2) is 8.34. The number of nitrogens with zero attached hydrogens (tertiary/aromatic N) is 3. The van der Waals surface area contributed by atoms with Crippen molar-refractivity contribution in [3.63, 3.8) is 0 Å². The van der Waals surface area contributed by atoms with E-state index in [9.17, 15) is 0 Å². The summed E-state index contributed by atoms with van der Waals surface area (Å²) in [5.41, 5.74) is 3.81. The van der Waals surface area contributed by atoms with Crippen molar-refractivity contribution in [1.82, 2.24) is 4.90 Å². The van der Waals surface area contributed by atoms with E-state index in [1.54, 1.807) is 11.3 Å². The highest BCUT2D eigenvalue weighted by atomic mass is 35.5. The summed E-state index contributed by atoms with van der Waals surface area (Å²) in [5.74, 6) is 0. The molecule has 1 aromatic heterocycles. The smallest absolute Gasteiger partial charge is 0.0840 e. The Labute approximate surface area is 160 Å². The Morgan fingerprint density at radius 1 is 1.12 bits per heavy atom. The Hall–Kier alpha value is -1.07. The third-order valence-corrected chi connectivity index (χ3v) is 5.57. The molecule has 0 N–H and O–H groups in total. The van der Waals surface area contributed by atoms with Gasteiger partial charge in [-0.25, -0.2) is 0 Å². The number of piperazine rings is 1. The van der Waals surface area contributed by atoms with Crippen LogP contribution in [0.15, 0.2) is 46.8 Å². The number of likely N-dealkylation sites (N-methyl/N-ethyl adjacent to an activating group) is 1. The zero-order valence-electron chi connectivity index (χ0n) is 13.7. The molecule has 1 atom stereocenters. The molecule has 0 radical (unpaired) electrons. The minimum atomic E-state index is 0. The normalized spacial score (nSPS) is 20.0. The number of benzene rings is 1. The molecule has 1 unspecified atom stereocenters. The Bertz CT molecular complexity index is 687. The number of fused-ring (bicyclic) bond motifs is 3. The summed E-state index contributed by atoms with van der Waals surface area (Å²) < 4.78 is 0. The topological polar surface area (TPSA) is 18.8 Å². The molecule has 2 aromatic rings. The monoisotopic (exact) mass is 383 g/mol. The average Bonchev–Trinajstić information content (AvgIpc) is 3.04. The van der Waals surface area contributed by atoms with E-state index in [1.807, 2.05) is 0 Å². The van der Waals surface area contributed by atoms with E-state index < -0.39 is 0 Å². The standard InChI is InChI=1S/C18H21N3S.2ClH/c1-2-20-9-10-21-14(13-20)12-19-18(17-8-5-11-22-17)15-6-3-4-7-16(15)21;;/h3-8,11,14H,2,9-10,12-13H2,1H3;2*1H. The molecule has 0 bridgehead atoms. The van der Waals surface area contributed by atoms with Gasteiger partial charge >= 0.3 is 0 Å². The zero-order valence-corrected chi connectivity index (χ0v) is 16.2. The van der Waals surface area contributed by atoms with Gasteiger partial charge in [-0.15, -0.1) is 36.2 Å². The average molecular weight is 384 g/mol. The summed E-state index contributed by atoms with van der Waals surface area (Å²) in [6, 6.07) is 13.6. The summed E-state index contributed by atoms with van der Waals surface area (Å²) in [7, 11) is 0. The van der Waals surface area contributed by atoms with Crippen LogP contribution in [0, 0.1) is 0 Å². The van der Waals surface area contributed by atoms with E-state index in [0.29, 0.717) is 6.04 Å².